The van der Waals surface area contributed by atoms with Crippen LogP contribution in [0, 0.1) is 10.1 Å². The number of nitro benzene ring substituents is 1. The molecule has 2 rings (SSSR count). The van der Waals surface area contributed by atoms with E-state index >= 15 is 0 Å². The normalized spacial score (nSPS) is 22.9. The van der Waals surface area contributed by atoms with Crippen molar-refractivity contribution in [3.63, 3.8) is 0 Å². The number of anilines is 2. The molecule has 1 saturated heterocycles. The van der Waals surface area contributed by atoms with Crippen molar-refractivity contribution in [3.05, 3.63) is 28.3 Å². The molecule has 98 valence electrons. The zero-order chi connectivity index (χ0) is 13.1. The van der Waals surface area contributed by atoms with Gasteiger partial charge in [-0.05, 0) is 12.1 Å². The van der Waals surface area contributed by atoms with Gasteiger partial charge in [0.2, 0.25) is 0 Å². The number of benzene rings is 1. The Labute approximate surface area is 104 Å². The molecule has 18 heavy (non-hydrogen) atoms. The first-order valence-electron chi connectivity index (χ1n) is 5.66. The van der Waals surface area contributed by atoms with Crippen LogP contribution in [0.5, 0.6) is 0 Å². The lowest BCUT2D eigenvalue weighted by atomic mass is 10.2. The van der Waals surface area contributed by atoms with Crippen molar-refractivity contribution in [2.75, 3.05) is 31.2 Å². The second-order valence-electron chi connectivity index (χ2n) is 4.21. The van der Waals surface area contributed by atoms with E-state index in [1.807, 2.05) is 0 Å². The molecule has 0 amide bonds. The Balaban J connectivity index is 2.10. The summed E-state index contributed by atoms with van der Waals surface area (Å²) in [5.74, 6) is 0. The molecule has 1 unspecified atom stereocenters. The molecule has 7 heteroatoms. The predicted molar refractivity (Wildman–Crippen MR) is 68.6 cm³/mol. The first kappa shape index (κ1) is 12.6. The van der Waals surface area contributed by atoms with Crippen molar-refractivity contribution in [1.82, 2.24) is 5.32 Å². The molecule has 0 radical (unpaired) electrons. The SMILES string of the molecule is CO[C@H]1CNCC1Nc1ccc([N+](=O)[O-])c(N)c1. The molecule has 0 bridgehead atoms. The zero-order valence-electron chi connectivity index (χ0n) is 10.1. The number of hydrogen-bond donors (Lipinski definition) is 3. The molecule has 0 spiro atoms. The highest BCUT2D eigenvalue weighted by Gasteiger charge is 2.26. The van der Waals surface area contributed by atoms with Gasteiger partial charge in [-0.15, -0.1) is 0 Å². The number of ether oxygens (including phenoxy) is 1. The van der Waals surface area contributed by atoms with Crippen LogP contribution in [0.1, 0.15) is 0 Å². The van der Waals surface area contributed by atoms with Crippen LogP contribution in [0.2, 0.25) is 0 Å². The summed E-state index contributed by atoms with van der Waals surface area (Å²) in [5, 5.41) is 17.1. The molecule has 1 heterocycles. The van der Waals surface area contributed by atoms with Gasteiger partial charge in [-0.3, -0.25) is 10.1 Å². The van der Waals surface area contributed by atoms with Gasteiger partial charge in [0, 0.05) is 32.0 Å². The Hall–Kier alpha value is -1.86. The number of rotatable bonds is 4. The van der Waals surface area contributed by atoms with Crippen molar-refractivity contribution in [1.29, 1.82) is 0 Å². The topological polar surface area (TPSA) is 102 Å². The number of hydrogen-bond acceptors (Lipinski definition) is 6. The third-order valence-corrected chi connectivity index (χ3v) is 3.04. The van der Waals surface area contributed by atoms with Crippen LogP contribution < -0.4 is 16.4 Å². The highest BCUT2D eigenvalue weighted by molar-refractivity contribution is 5.66. The average molecular weight is 252 g/mol. The van der Waals surface area contributed by atoms with Crippen LogP contribution in [0.3, 0.4) is 0 Å². The van der Waals surface area contributed by atoms with E-state index in [0.717, 1.165) is 18.8 Å². The minimum atomic E-state index is -0.492. The number of nitrogens with zero attached hydrogens (tertiary/aromatic N) is 1. The minimum absolute atomic E-state index is 0.0756. The average Bonchev–Trinajstić information content (AvgIpc) is 2.76. The Bertz CT molecular complexity index is 452. The largest absolute Gasteiger partial charge is 0.393 e. The van der Waals surface area contributed by atoms with Crippen molar-refractivity contribution in [2.24, 2.45) is 0 Å². The Morgan fingerprint density at radius 1 is 1.56 bits per heavy atom. The fourth-order valence-corrected chi connectivity index (χ4v) is 2.07. The molecule has 1 aliphatic heterocycles. The highest BCUT2D eigenvalue weighted by atomic mass is 16.6. The van der Waals surface area contributed by atoms with E-state index in [4.69, 9.17) is 10.5 Å². The molecule has 0 aliphatic carbocycles. The summed E-state index contributed by atoms with van der Waals surface area (Å²) >= 11 is 0. The van der Waals surface area contributed by atoms with Crippen LogP contribution in [0.4, 0.5) is 17.1 Å². The fourth-order valence-electron chi connectivity index (χ4n) is 2.07. The van der Waals surface area contributed by atoms with E-state index in [1.165, 1.54) is 6.07 Å². The predicted octanol–water partition coefficient (Wildman–Crippen LogP) is 0.576. The Morgan fingerprint density at radius 3 is 2.94 bits per heavy atom. The lowest BCUT2D eigenvalue weighted by molar-refractivity contribution is -0.383. The van der Waals surface area contributed by atoms with Gasteiger partial charge in [-0.25, -0.2) is 0 Å². The maximum Gasteiger partial charge on any atom is 0.292 e. The van der Waals surface area contributed by atoms with Crippen LogP contribution in [0.25, 0.3) is 0 Å². The molecule has 0 aromatic heterocycles. The van der Waals surface area contributed by atoms with Crippen molar-refractivity contribution in [2.45, 2.75) is 12.1 Å². The van der Waals surface area contributed by atoms with E-state index in [9.17, 15) is 10.1 Å². The first-order valence-corrected chi connectivity index (χ1v) is 5.66. The van der Waals surface area contributed by atoms with E-state index in [-0.39, 0.29) is 23.5 Å². The highest BCUT2D eigenvalue weighted by Crippen LogP contribution is 2.25. The van der Waals surface area contributed by atoms with Gasteiger partial charge in [0.25, 0.3) is 5.69 Å². The number of nitrogen functional groups attached to an aromatic ring is 1. The smallest absolute Gasteiger partial charge is 0.292 e. The summed E-state index contributed by atoms with van der Waals surface area (Å²) in [6.07, 6.45) is 0.0846. The summed E-state index contributed by atoms with van der Waals surface area (Å²) < 4.78 is 5.32. The van der Waals surface area contributed by atoms with Gasteiger partial charge in [0.05, 0.1) is 17.1 Å². The molecule has 1 aliphatic rings. The monoisotopic (exact) mass is 252 g/mol. The van der Waals surface area contributed by atoms with Crippen LogP contribution >= 0.6 is 0 Å². The molecule has 0 saturated carbocycles. The maximum absolute atomic E-state index is 10.7. The maximum atomic E-state index is 10.7. The van der Waals surface area contributed by atoms with Crippen molar-refractivity contribution >= 4 is 17.1 Å². The van der Waals surface area contributed by atoms with E-state index in [1.54, 1.807) is 19.2 Å². The van der Waals surface area contributed by atoms with E-state index in [2.05, 4.69) is 10.6 Å². The molecule has 1 fully saturated rings. The van der Waals surface area contributed by atoms with E-state index in [0.29, 0.717) is 0 Å². The quantitative estimate of drug-likeness (QED) is 0.411. The zero-order valence-corrected chi connectivity index (χ0v) is 10.1. The molecular formula is C11H16N4O3. The molecule has 1 aromatic carbocycles. The Kier molecular flexibility index (Phi) is 3.63. The van der Waals surface area contributed by atoms with Crippen molar-refractivity contribution in [3.8, 4) is 0 Å². The number of nitro groups is 1. The van der Waals surface area contributed by atoms with Gasteiger partial charge in [0.15, 0.2) is 0 Å². The van der Waals surface area contributed by atoms with Crippen LogP contribution in [0.15, 0.2) is 18.2 Å². The first-order chi connectivity index (χ1) is 8.61. The van der Waals surface area contributed by atoms with Gasteiger partial charge >= 0.3 is 0 Å². The minimum Gasteiger partial charge on any atom is -0.393 e. The summed E-state index contributed by atoms with van der Waals surface area (Å²) in [7, 11) is 1.66. The lowest BCUT2D eigenvalue weighted by Gasteiger charge is -2.19. The summed E-state index contributed by atoms with van der Waals surface area (Å²) in [4.78, 5) is 10.2. The molecule has 7 nitrogen and oxygen atoms in total. The van der Waals surface area contributed by atoms with Gasteiger partial charge in [-0.1, -0.05) is 0 Å². The van der Waals surface area contributed by atoms with Crippen LogP contribution in [-0.4, -0.2) is 37.3 Å². The summed E-state index contributed by atoms with van der Waals surface area (Å²) in [6.45, 7) is 1.58. The number of nitrogens with two attached hydrogens (primary N) is 1. The Morgan fingerprint density at radius 2 is 2.33 bits per heavy atom. The third kappa shape index (κ3) is 2.52. The second-order valence-corrected chi connectivity index (χ2v) is 4.21. The molecular weight excluding hydrogens is 236 g/mol. The number of methoxy groups -OCH3 is 1. The fraction of sp³-hybridized carbons (Fsp3) is 0.455. The van der Waals surface area contributed by atoms with Crippen LogP contribution in [-0.2, 0) is 4.74 Å². The lowest BCUT2D eigenvalue weighted by Crippen LogP contribution is -2.33. The second kappa shape index (κ2) is 5.19. The molecule has 1 aromatic rings. The standard InChI is InChI=1S/C11H16N4O3/c1-18-11-6-13-5-9(11)14-7-2-3-10(15(16)17)8(12)4-7/h2-4,9,11,13-14H,5-6,12H2,1H3/t9?,11-/m0/s1. The summed E-state index contributed by atoms with van der Waals surface area (Å²) in [5.41, 5.74) is 6.48. The van der Waals surface area contributed by atoms with Gasteiger partial charge in [0.1, 0.15) is 5.69 Å². The van der Waals surface area contributed by atoms with Crippen molar-refractivity contribution < 1.29 is 9.66 Å². The molecule has 4 N–H and O–H groups in total. The third-order valence-electron chi connectivity index (χ3n) is 3.04. The van der Waals surface area contributed by atoms with Gasteiger partial charge < -0.3 is 21.1 Å². The van der Waals surface area contributed by atoms with E-state index < -0.39 is 4.92 Å². The van der Waals surface area contributed by atoms with Gasteiger partial charge in [-0.2, -0.15) is 0 Å². The molecule has 2 atom stereocenters. The summed E-state index contributed by atoms with van der Waals surface area (Å²) in [6, 6.07) is 4.76. The number of nitrogens with one attached hydrogen (secondary N) is 2.